The van der Waals surface area contributed by atoms with Gasteiger partial charge in [0, 0.05) is 12.3 Å². The van der Waals surface area contributed by atoms with Crippen LogP contribution >= 0.6 is 0 Å². The van der Waals surface area contributed by atoms with Crippen LogP contribution in [0.3, 0.4) is 0 Å². The first kappa shape index (κ1) is 8.10. The van der Waals surface area contributed by atoms with E-state index in [4.69, 9.17) is 0 Å². The fourth-order valence-corrected chi connectivity index (χ4v) is 1.39. The minimum atomic E-state index is -0.506. The maximum Gasteiger partial charge on any atom is 0.170 e. The lowest BCUT2D eigenvalue weighted by Crippen LogP contribution is -2.24. The summed E-state index contributed by atoms with van der Waals surface area (Å²) >= 11 is 0. The molecule has 0 aromatic heterocycles. The SMILES string of the molecule is CC1=CC2=NC=CC(=O)C2C=C1F. The molecular formula is C10H8FNO. The monoisotopic (exact) mass is 177 g/mol. The average Bonchev–Trinajstić information content (AvgIpc) is 2.09. The molecule has 1 aliphatic carbocycles. The number of hydrogen-bond acceptors (Lipinski definition) is 2. The largest absolute Gasteiger partial charge is 0.294 e. The molecule has 1 atom stereocenters. The second-order valence-electron chi connectivity index (χ2n) is 3.09. The molecule has 2 rings (SSSR count). The van der Waals surface area contributed by atoms with Crippen molar-refractivity contribution in [2.45, 2.75) is 6.92 Å². The van der Waals surface area contributed by atoms with Gasteiger partial charge < -0.3 is 0 Å². The third-order valence-corrected chi connectivity index (χ3v) is 2.14. The van der Waals surface area contributed by atoms with E-state index in [1.165, 1.54) is 18.4 Å². The standard InChI is InChI=1S/C10H8FNO/c1-6-4-9-7(5-8(6)11)10(13)2-3-12-9/h2-5,7H,1H3. The molecule has 1 heterocycles. The maximum atomic E-state index is 13.1. The highest BCUT2D eigenvalue weighted by Crippen LogP contribution is 2.24. The summed E-state index contributed by atoms with van der Waals surface area (Å²) in [4.78, 5) is 15.3. The molecule has 1 aliphatic heterocycles. The summed E-state index contributed by atoms with van der Waals surface area (Å²) in [5, 5.41) is 0. The number of fused-ring (bicyclic) bond motifs is 1. The molecule has 1 unspecified atom stereocenters. The van der Waals surface area contributed by atoms with E-state index in [-0.39, 0.29) is 11.6 Å². The van der Waals surface area contributed by atoms with Crippen molar-refractivity contribution in [3.63, 3.8) is 0 Å². The minimum Gasteiger partial charge on any atom is -0.294 e. The third kappa shape index (κ3) is 1.26. The van der Waals surface area contributed by atoms with Crippen LogP contribution in [-0.2, 0) is 4.79 Å². The van der Waals surface area contributed by atoms with E-state index in [1.54, 1.807) is 13.0 Å². The van der Waals surface area contributed by atoms with Gasteiger partial charge in [-0.2, -0.15) is 0 Å². The van der Waals surface area contributed by atoms with Gasteiger partial charge in [0.1, 0.15) is 5.83 Å². The molecule has 0 fully saturated rings. The Labute approximate surface area is 75.2 Å². The Kier molecular flexibility index (Phi) is 1.72. The zero-order valence-electron chi connectivity index (χ0n) is 7.12. The number of rotatable bonds is 0. The smallest absolute Gasteiger partial charge is 0.170 e. The van der Waals surface area contributed by atoms with Crippen LogP contribution in [0.1, 0.15) is 6.92 Å². The molecule has 0 amide bonds. The summed E-state index contributed by atoms with van der Waals surface area (Å²) < 4.78 is 13.1. The third-order valence-electron chi connectivity index (χ3n) is 2.14. The zero-order chi connectivity index (χ0) is 9.42. The molecule has 0 saturated heterocycles. The Morgan fingerprint density at radius 1 is 1.54 bits per heavy atom. The fraction of sp³-hybridized carbons (Fsp3) is 0.200. The summed E-state index contributed by atoms with van der Waals surface area (Å²) in [6.45, 7) is 1.66. The predicted molar refractivity (Wildman–Crippen MR) is 48.0 cm³/mol. The van der Waals surface area contributed by atoms with Crippen LogP contribution in [-0.4, -0.2) is 11.5 Å². The van der Waals surface area contributed by atoms with E-state index in [9.17, 15) is 9.18 Å². The van der Waals surface area contributed by atoms with E-state index < -0.39 is 5.92 Å². The number of hydrogen-bond donors (Lipinski definition) is 0. The first-order valence-electron chi connectivity index (χ1n) is 4.02. The summed E-state index contributed by atoms with van der Waals surface area (Å²) in [5.41, 5.74) is 1.16. The van der Waals surface area contributed by atoms with Crippen LogP contribution < -0.4 is 0 Å². The van der Waals surface area contributed by atoms with Crippen LogP contribution in [0.25, 0.3) is 0 Å². The van der Waals surface area contributed by atoms with Gasteiger partial charge in [0.05, 0.1) is 11.6 Å². The van der Waals surface area contributed by atoms with Crippen molar-refractivity contribution in [3.05, 3.63) is 35.8 Å². The molecule has 0 radical (unpaired) electrons. The molecule has 3 heteroatoms. The summed E-state index contributed by atoms with van der Waals surface area (Å²) in [6, 6.07) is 0. The van der Waals surface area contributed by atoms with Gasteiger partial charge in [-0.05, 0) is 24.6 Å². The van der Waals surface area contributed by atoms with E-state index in [0.29, 0.717) is 11.3 Å². The highest BCUT2D eigenvalue weighted by molar-refractivity contribution is 6.18. The van der Waals surface area contributed by atoms with Gasteiger partial charge in [-0.1, -0.05) is 0 Å². The van der Waals surface area contributed by atoms with Crippen LogP contribution in [0.2, 0.25) is 0 Å². The molecule has 2 aliphatic rings. The van der Waals surface area contributed by atoms with E-state index in [1.807, 2.05) is 0 Å². The number of nitrogens with zero attached hydrogens (tertiary/aromatic N) is 1. The Hall–Kier alpha value is -1.51. The first-order chi connectivity index (χ1) is 6.18. The van der Waals surface area contributed by atoms with Crippen molar-refractivity contribution < 1.29 is 9.18 Å². The van der Waals surface area contributed by atoms with Gasteiger partial charge in [0.2, 0.25) is 0 Å². The fourth-order valence-electron chi connectivity index (χ4n) is 1.39. The first-order valence-corrected chi connectivity index (χ1v) is 4.02. The number of allylic oxidation sites excluding steroid dienone is 5. The topological polar surface area (TPSA) is 29.4 Å². The highest BCUT2D eigenvalue weighted by atomic mass is 19.1. The average molecular weight is 177 g/mol. The Morgan fingerprint density at radius 3 is 3.08 bits per heavy atom. The lowest BCUT2D eigenvalue weighted by Gasteiger charge is -2.17. The number of ketones is 1. The number of aliphatic imine (C=N–C) groups is 1. The quantitative estimate of drug-likeness (QED) is 0.556. The van der Waals surface area contributed by atoms with Crippen LogP contribution in [0.4, 0.5) is 4.39 Å². The van der Waals surface area contributed by atoms with Gasteiger partial charge in [-0.3, -0.25) is 9.79 Å². The van der Waals surface area contributed by atoms with Gasteiger partial charge in [-0.15, -0.1) is 0 Å². The molecule has 0 aromatic carbocycles. The second-order valence-corrected chi connectivity index (χ2v) is 3.09. The molecule has 13 heavy (non-hydrogen) atoms. The normalized spacial score (nSPS) is 26.2. The number of halogens is 1. The van der Waals surface area contributed by atoms with E-state index in [2.05, 4.69) is 4.99 Å². The molecule has 0 spiro atoms. The van der Waals surface area contributed by atoms with Crippen molar-refractivity contribution in [1.82, 2.24) is 0 Å². The van der Waals surface area contributed by atoms with Crippen LogP contribution in [0, 0.1) is 5.92 Å². The molecule has 0 bridgehead atoms. The molecular weight excluding hydrogens is 169 g/mol. The summed E-state index contributed by atoms with van der Waals surface area (Å²) in [7, 11) is 0. The Balaban J connectivity index is 2.47. The number of carbonyl (C=O) groups is 1. The zero-order valence-corrected chi connectivity index (χ0v) is 7.12. The van der Waals surface area contributed by atoms with Crippen molar-refractivity contribution in [1.29, 1.82) is 0 Å². The van der Waals surface area contributed by atoms with Gasteiger partial charge in [-0.25, -0.2) is 4.39 Å². The highest BCUT2D eigenvalue weighted by Gasteiger charge is 2.25. The number of carbonyl (C=O) groups excluding carboxylic acids is 1. The Bertz CT molecular complexity index is 388. The minimum absolute atomic E-state index is 0.107. The lowest BCUT2D eigenvalue weighted by atomic mass is 9.89. The van der Waals surface area contributed by atoms with Gasteiger partial charge in [0.15, 0.2) is 5.78 Å². The van der Waals surface area contributed by atoms with Gasteiger partial charge in [0.25, 0.3) is 0 Å². The predicted octanol–water partition coefficient (Wildman–Crippen LogP) is 1.95. The second kappa shape index (κ2) is 2.76. The van der Waals surface area contributed by atoms with E-state index >= 15 is 0 Å². The molecule has 2 nitrogen and oxygen atoms in total. The van der Waals surface area contributed by atoms with Gasteiger partial charge >= 0.3 is 0 Å². The molecule has 0 aromatic rings. The van der Waals surface area contributed by atoms with Crippen molar-refractivity contribution in [3.8, 4) is 0 Å². The van der Waals surface area contributed by atoms with E-state index in [0.717, 1.165) is 0 Å². The summed E-state index contributed by atoms with van der Waals surface area (Å²) in [5.74, 6) is -0.940. The van der Waals surface area contributed by atoms with Crippen molar-refractivity contribution >= 4 is 11.5 Å². The molecule has 0 N–H and O–H groups in total. The lowest BCUT2D eigenvalue weighted by molar-refractivity contribution is -0.115. The van der Waals surface area contributed by atoms with Crippen LogP contribution in [0.5, 0.6) is 0 Å². The van der Waals surface area contributed by atoms with Crippen molar-refractivity contribution in [2.75, 3.05) is 0 Å². The van der Waals surface area contributed by atoms with Crippen LogP contribution in [0.15, 0.2) is 40.8 Å². The molecule has 66 valence electrons. The molecule has 0 saturated carbocycles. The summed E-state index contributed by atoms with van der Waals surface area (Å²) in [6.07, 6.45) is 5.75. The Morgan fingerprint density at radius 2 is 2.31 bits per heavy atom. The van der Waals surface area contributed by atoms with Crippen molar-refractivity contribution in [2.24, 2.45) is 10.9 Å². The maximum absolute atomic E-state index is 13.1.